The Labute approximate surface area is 168 Å². The number of benzene rings is 2. The Kier molecular flexibility index (Phi) is 4.79. The Balaban J connectivity index is 1.43. The van der Waals surface area contributed by atoms with Gasteiger partial charge in [-0.1, -0.05) is 18.2 Å². The molecular weight excluding hydrogens is 376 g/mol. The van der Waals surface area contributed by atoms with Gasteiger partial charge in [-0.2, -0.15) is 0 Å². The summed E-state index contributed by atoms with van der Waals surface area (Å²) in [5.74, 6) is 1.29. The van der Waals surface area contributed by atoms with Crippen LogP contribution in [0.15, 0.2) is 42.5 Å². The molecule has 1 fully saturated rings. The van der Waals surface area contributed by atoms with E-state index in [1.807, 2.05) is 25.1 Å². The van der Waals surface area contributed by atoms with E-state index in [9.17, 15) is 14.7 Å². The van der Waals surface area contributed by atoms with Crippen LogP contribution in [0.5, 0.6) is 17.2 Å². The maximum Gasteiger partial charge on any atom is 0.325 e. The number of ether oxygens (including phenoxy) is 3. The van der Waals surface area contributed by atoms with Crippen molar-refractivity contribution in [3.8, 4) is 17.2 Å². The van der Waals surface area contributed by atoms with Gasteiger partial charge in [-0.15, -0.1) is 0 Å². The number of carbonyl (C=O) groups is 2. The van der Waals surface area contributed by atoms with E-state index in [1.165, 1.54) is 0 Å². The first-order chi connectivity index (χ1) is 13.9. The zero-order chi connectivity index (χ0) is 20.6. The summed E-state index contributed by atoms with van der Waals surface area (Å²) in [7, 11) is 0. The molecule has 1 saturated heterocycles. The van der Waals surface area contributed by atoms with E-state index < -0.39 is 23.6 Å². The topological polar surface area (TPSA) is 97.3 Å². The first-order valence-electron chi connectivity index (χ1n) is 9.28. The van der Waals surface area contributed by atoms with Crippen LogP contribution in [0.3, 0.4) is 0 Å². The van der Waals surface area contributed by atoms with Crippen LogP contribution in [0.2, 0.25) is 0 Å². The standard InChI is InChI=1S/C21H22N2O6/c1-13-4-3-5-16(8-13)27-11-15(24)10-23-19(25)21(2,22-20(23)26)14-6-7-17-18(9-14)29-12-28-17/h3-9,15,24H,10-12H2,1-2H3,(H,22,26). The number of aliphatic hydroxyl groups is 1. The van der Waals surface area contributed by atoms with Crippen molar-refractivity contribution in [1.82, 2.24) is 10.2 Å². The minimum atomic E-state index is -1.25. The molecule has 2 N–H and O–H groups in total. The van der Waals surface area contributed by atoms with Crippen molar-refractivity contribution in [3.63, 3.8) is 0 Å². The van der Waals surface area contributed by atoms with Crippen molar-refractivity contribution in [1.29, 1.82) is 0 Å². The number of nitrogens with one attached hydrogen (secondary N) is 1. The van der Waals surface area contributed by atoms with Gasteiger partial charge < -0.3 is 24.6 Å². The molecule has 2 aromatic rings. The highest BCUT2D eigenvalue weighted by atomic mass is 16.7. The number of rotatable bonds is 6. The van der Waals surface area contributed by atoms with Crippen LogP contribution in [-0.2, 0) is 10.3 Å². The molecule has 0 radical (unpaired) electrons. The lowest BCUT2D eigenvalue weighted by atomic mass is 9.91. The van der Waals surface area contributed by atoms with Gasteiger partial charge in [0.2, 0.25) is 6.79 Å². The van der Waals surface area contributed by atoms with Crippen molar-refractivity contribution in [2.24, 2.45) is 0 Å². The number of β-amino-alcohol motifs (C(OH)–C–C–N with tert-alkyl or cyclic N) is 1. The van der Waals surface area contributed by atoms with E-state index in [2.05, 4.69) is 5.32 Å². The molecule has 2 aliphatic rings. The second-order valence-electron chi connectivity index (χ2n) is 7.32. The van der Waals surface area contributed by atoms with Gasteiger partial charge >= 0.3 is 6.03 Å². The molecule has 152 valence electrons. The SMILES string of the molecule is Cc1cccc(OCC(O)CN2C(=O)NC(C)(c3ccc4c(c3)OCO4)C2=O)c1. The van der Waals surface area contributed by atoms with Gasteiger partial charge in [0.15, 0.2) is 11.5 Å². The Morgan fingerprint density at radius 1 is 1.21 bits per heavy atom. The summed E-state index contributed by atoms with van der Waals surface area (Å²) >= 11 is 0. The summed E-state index contributed by atoms with van der Waals surface area (Å²) in [5, 5.41) is 13.0. The molecule has 0 aliphatic carbocycles. The lowest BCUT2D eigenvalue weighted by Crippen LogP contribution is -2.42. The van der Waals surface area contributed by atoms with Crippen LogP contribution in [0.4, 0.5) is 4.79 Å². The number of aryl methyl sites for hydroxylation is 1. The number of nitrogens with zero attached hydrogens (tertiary/aromatic N) is 1. The highest BCUT2D eigenvalue weighted by molar-refractivity contribution is 6.07. The molecule has 8 nitrogen and oxygen atoms in total. The molecule has 0 aromatic heterocycles. The highest BCUT2D eigenvalue weighted by Crippen LogP contribution is 2.37. The molecule has 8 heteroatoms. The largest absolute Gasteiger partial charge is 0.491 e. The van der Waals surface area contributed by atoms with Crippen LogP contribution in [0, 0.1) is 6.92 Å². The molecule has 29 heavy (non-hydrogen) atoms. The molecule has 0 spiro atoms. The van der Waals surface area contributed by atoms with Gasteiger partial charge in [0.25, 0.3) is 5.91 Å². The average Bonchev–Trinajstić information content (AvgIpc) is 3.25. The molecule has 2 aromatic carbocycles. The highest BCUT2D eigenvalue weighted by Gasteiger charge is 2.49. The van der Waals surface area contributed by atoms with Gasteiger partial charge in [-0.05, 0) is 49.2 Å². The summed E-state index contributed by atoms with van der Waals surface area (Å²) in [6.07, 6.45) is -1.02. The van der Waals surface area contributed by atoms with Gasteiger partial charge in [0.1, 0.15) is 24.0 Å². The molecule has 0 saturated carbocycles. The van der Waals surface area contributed by atoms with Gasteiger partial charge in [-0.3, -0.25) is 9.69 Å². The second-order valence-corrected chi connectivity index (χ2v) is 7.32. The third-order valence-corrected chi connectivity index (χ3v) is 5.05. The number of fused-ring (bicyclic) bond motifs is 1. The van der Waals surface area contributed by atoms with Crippen molar-refractivity contribution in [2.75, 3.05) is 19.9 Å². The predicted molar refractivity (Wildman–Crippen MR) is 103 cm³/mol. The molecule has 2 heterocycles. The van der Waals surface area contributed by atoms with Gasteiger partial charge in [-0.25, -0.2) is 4.79 Å². The van der Waals surface area contributed by atoms with E-state index in [0.29, 0.717) is 22.8 Å². The molecular formula is C21H22N2O6. The summed E-state index contributed by atoms with van der Waals surface area (Å²) in [6.45, 7) is 3.47. The number of hydrogen-bond acceptors (Lipinski definition) is 6. The Morgan fingerprint density at radius 2 is 2.00 bits per heavy atom. The second kappa shape index (κ2) is 7.29. The predicted octanol–water partition coefficient (Wildman–Crippen LogP) is 1.93. The quantitative estimate of drug-likeness (QED) is 0.722. The van der Waals surface area contributed by atoms with Crippen LogP contribution < -0.4 is 19.5 Å². The summed E-state index contributed by atoms with van der Waals surface area (Å²) in [4.78, 5) is 26.5. The average molecular weight is 398 g/mol. The smallest absolute Gasteiger partial charge is 0.325 e. The normalized spacial score (nSPS) is 21.3. The number of hydrogen-bond donors (Lipinski definition) is 2. The van der Waals surface area contributed by atoms with Crippen molar-refractivity contribution in [3.05, 3.63) is 53.6 Å². The van der Waals surface area contributed by atoms with Gasteiger partial charge in [0, 0.05) is 0 Å². The molecule has 4 rings (SSSR count). The Hall–Kier alpha value is -3.26. The van der Waals surface area contributed by atoms with Crippen molar-refractivity contribution >= 4 is 11.9 Å². The number of carbonyl (C=O) groups excluding carboxylic acids is 2. The van der Waals surface area contributed by atoms with Crippen molar-refractivity contribution in [2.45, 2.75) is 25.5 Å². The third kappa shape index (κ3) is 3.58. The van der Waals surface area contributed by atoms with Crippen LogP contribution in [0.25, 0.3) is 0 Å². The minimum Gasteiger partial charge on any atom is -0.491 e. The lowest BCUT2D eigenvalue weighted by molar-refractivity contribution is -0.132. The first-order valence-corrected chi connectivity index (χ1v) is 9.28. The monoisotopic (exact) mass is 398 g/mol. The van der Waals surface area contributed by atoms with E-state index in [1.54, 1.807) is 31.2 Å². The van der Waals surface area contributed by atoms with Crippen LogP contribution >= 0.6 is 0 Å². The van der Waals surface area contributed by atoms with E-state index in [-0.39, 0.29) is 19.9 Å². The zero-order valence-electron chi connectivity index (χ0n) is 16.2. The summed E-state index contributed by atoms with van der Waals surface area (Å²) in [5.41, 5.74) is 0.355. The molecule has 2 unspecified atom stereocenters. The number of amides is 3. The lowest BCUT2D eigenvalue weighted by Gasteiger charge is -2.23. The fourth-order valence-corrected chi connectivity index (χ4v) is 3.43. The number of aliphatic hydroxyl groups excluding tert-OH is 1. The molecule has 2 aliphatic heterocycles. The maximum atomic E-state index is 13.0. The number of imide groups is 1. The third-order valence-electron chi connectivity index (χ3n) is 5.05. The number of urea groups is 1. The molecule has 3 amide bonds. The van der Waals surface area contributed by atoms with Crippen molar-refractivity contribution < 1.29 is 28.9 Å². The first kappa shape index (κ1) is 19.1. The summed E-state index contributed by atoms with van der Waals surface area (Å²) < 4.78 is 16.2. The zero-order valence-corrected chi connectivity index (χ0v) is 16.2. The fraction of sp³-hybridized carbons (Fsp3) is 0.333. The van der Waals surface area contributed by atoms with E-state index in [0.717, 1.165) is 10.5 Å². The van der Waals surface area contributed by atoms with E-state index >= 15 is 0 Å². The fourth-order valence-electron chi connectivity index (χ4n) is 3.43. The maximum absolute atomic E-state index is 13.0. The summed E-state index contributed by atoms with van der Waals surface area (Å²) in [6, 6.07) is 12.0. The molecule has 2 atom stereocenters. The Bertz CT molecular complexity index is 962. The van der Waals surface area contributed by atoms with Gasteiger partial charge in [0.05, 0.1) is 6.54 Å². The van der Waals surface area contributed by atoms with Crippen LogP contribution in [0.1, 0.15) is 18.1 Å². The molecule has 0 bridgehead atoms. The van der Waals surface area contributed by atoms with Crippen LogP contribution in [-0.4, -0.2) is 48.0 Å². The minimum absolute atomic E-state index is 0.0404. The Morgan fingerprint density at radius 3 is 2.79 bits per heavy atom. The van der Waals surface area contributed by atoms with E-state index in [4.69, 9.17) is 14.2 Å².